The Hall–Kier alpha value is -1.46. The van der Waals surface area contributed by atoms with Crippen molar-refractivity contribution in [3.63, 3.8) is 0 Å². The van der Waals surface area contributed by atoms with Gasteiger partial charge >= 0.3 is 0 Å². The number of carbonyl (C=O) groups is 1. The van der Waals surface area contributed by atoms with E-state index in [1.54, 1.807) is 6.20 Å². The molecule has 92 valence electrons. The fraction of sp³-hybridized carbons (Fsp3) is 0.500. The number of carbonyl (C=O) groups excluding carboxylic acids is 1. The molecule has 1 atom stereocenters. The van der Waals surface area contributed by atoms with Gasteiger partial charge in [-0.25, -0.2) is 0 Å². The van der Waals surface area contributed by atoms with Gasteiger partial charge in [0.2, 0.25) is 5.91 Å². The molecule has 2 heterocycles. The second-order valence-corrected chi connectivity index (χ2v) is 4.14. The van der Waals surface area contributed by atoms with E-state index in [0.717, 1.165) is 26.1 Å². The molecule has 5 heteroatoms. The van der Waals surface area contributed by atoms with E-state index in [2.05, 4.69) is 10.3 Å². The van der Waals surface area contributed by atoms with Crippen molar-refractivity contribution < 1.29 is 9.53 Å². The summed E-state index contributed by atoms with van der Waals surface area (Å²) in [4.78, 5) is 15.6. The molecule has 0 aromatic carbocycles. The molecule has 0 saturated carbocycles. The first-order chi connectivity index (χ1) is 8.27. The molecule has 2 rings (SSSR count). The predicted molar refractivity (Wildman–Crippen MR) is 63.1 cm³/mol. The molecule has 1 saturated heterocycles. The Labute approximate surface area is 100 Å². The summed E-state index contributed by atoms with van der Waals surface area (Å²) < 4.78 is 5.28. The summed E-state index contributed by atoms with van der Waals surface area (Å²) in [6.45, 7) is 1.46. The van der Waals surface area contributed by atoms with Crippen LogP contribution in [0.5, 0.6) is 0 Å². The lowest BCUT2D eigenvalue weighted by Gasteiger charge is -2.26. The number of amides is 1. The number of pyridine rings is 1. The fourth-order valence-electron chi connectivity index (χ4n) is 1.96. The standard InChI is InChI=1S/C12H17N3O2/c13-12(16)11(10-3-1-2-6-14-10)15-9-4-7-17-8-5-9/h1-3,6,9,11,15H,4-5,7-8H2,(H2,13,16). The average molecular weight is 235 g/mol. The van der Waals surface area contributed by atoms with E-state index in [4.69, 9.17) is 10.5 Å². The molecule has 3 N–H and O–H groups in total. The van der Waals surface area contributed by atoms with Crippen LogP contribution in [0.1, 0.15) is 24.6 Å². The van der Waals surface area contributed by atoms with Gasteiger partial charge in [0.05, 0.1) is 5.69 Å². The van der Waals surface area contributed by atoms with E-state index in [-0.39, 0.29) is 6.04 Å². The number of hydrogen-bond donors (Lipinski definition) is 2. The number of hydrogen-bond acceptors (Lipinski definition) is 4. The van der Waals surface area contributed by atoms with E-state index in [0.29, 0.717) is 5.69 Å². The Morgan fingerprint density at radius 1 is 1.47 bits per heavy atom. The lowest BCUT2D eigenvalue weighted by atomic mass is 10.1. The highest BCUT2D eigenvalue weighted by molar-refractivity contribution is 5.80. The van der Waals surface area contributed by atoms with Gasteiger partial charge < -0.3 is 10.5 Å². The van der Waals surface area contributed by atoms with Crippen molar-refractivity contribution in [1.82, 2.24) is 10.3 Å². The summed E-state index contributed by atoms with van der Waals surface area (Å²) in [5.74, 6) is -0.393. The zero-order valence-electron chi connectivity index (χ0n) is 9.63. The van der Waals surface area contributed by atoms with Crippen molar-refractivity contribution >= 4 is 5.91 Å². The van der Waals surface area contributed by atoms with Crippen LogP contribution in [0, 0.1) is 0 Å². The molecule has 0 aliphatic carbocycles. The van der Waals surface area contributed by atoms with Crippen LogP contribution in [0.4, 0.5) is 0 Å². The summed E-state index contributed by atoms with van der Waals surface area (Å²) >= 11 is 0. The molecule has 1 fully saturated rings. The Morgan fingerprint density at radius 3 is 2.82 bits per heavy atom. The number of rotatable bonds is 4. The zero-order valence-corrected chi connectivity index (χ0v) is 9.63. The molecule has 1 amide bonds. The van der Waals surface area contributed by atoms with Crippen LogP contribution in [0.25, 0.3) is 0 Å². The van der Waals surface area contributed by atoms with Crippen molar-refractivity contribution in [2.24, 2.45) is 5.73 Å². The molecule has 1 aliphatic heterocycles. The Kier molecular flexibility index (Phi) is 4.06. The highest BCUT2D eigenvalue weighted by Gasteiger charge is 2.23. The van der Waals surface area contributed by atoms with E-state index in [1.165, 1.54) is 0 Å². The normalized spacial score (nSPS) is 18.8. The van der Waals surface area contributed by atoms with Crippen molar-refractivity contribution in [2.45, 2.75) is 24.9 Å². The summed E-state index contributed by atoms with van der Waals surface area (Å²) in [6.07, 6.45) is 3.46. The minimum Gasteiger partial charge on any atom is -0.381 e. The molecule has 0 radical (unpaired) electrons. The molecule has 1 aromatic heterocycles. The van der Waals surface area contributed by atoms with Crippen molar-refractivity contribution in [2.75, 3.05) is 13.2 Å². The van der Waals surface area contributed by atoms with Gasteiger partial charge in [0.25, 0.3) is 0 Å². The lowest BCUT2D eigenvalue weighted by molar-refractivity contribution is -0.120. The van der Waals surface area contributed by atoms with Crippen molar-refractivity contribution in [1.29, 1.82) is 0 Å². The monoisotopic (exact) mass is 235 g/mol. The maximum atomic E-state index is 11.5. The number of primary amides is 1. The Bertz CT molecular complexity index is 363. The third-order valence-corrected chi connectivity index (χ3v) is 2.89. The van der Waals surface area contributed by atoms with Gasteiger partial charge in [-0.05, 0) is 25.0 Å². The number of aromatic nitrogens is 1. The van der Waals surface area contributed by atoms with Crippen LogP contribution in [-0.2, 0) is 9.53 Å². The molecule has 17 heavy (non-hydrogen) atoms. The van der Waals surface area contributed by atoms with Crippen LogP contribution in [0.3, 0.4) is 0 Å². The third-order valence-electron chi connectivity index (χ3n) is 2.89. The second kappa shape index (κ2) is 5.75. The minimum absolute atomic E-state index is 0.267. The molecular weight excluding hydrogens is 218 g/mol. The van der Waals surface area contributed by atoms with E-state index < -0.39 is 11.9 Å². The average Bonchev–Trinajstić information content (AvgIpc) is 2.38. The summed E-state index contributed by atoms with van der Waals surface area (Å²) in [5, 5.41) is 3.25. The molecule has 1 aliphatic rings. The van der Waals surface area contributed by atoms with E-state index in [9.17, 15) is 4.79 Å². The number of nitrogens with one attached hydrogen (secondary N) is 1. The first-order valence-electron chi connectivity index (χ1n) is 5.81. The van der Waals surface area contributed by atoms with Crippen LogP contribution >= 0.6 is 0 Å². The van der Waals surface area contributed by atoms with Gasteiger partial charge in [0.1, 0.15) is 6.04 Å². The SMILES string of the molecule is NC(=O)C(NC1CCOCC1)c1ccccn1. The van der Waals surface area contributed by atoms with Gasteiger partial charge in [0, 0.05) is 25.5 Å². The summed E-state index contributed by atoms with van der Waals surface area (Å²) in [5.41, 5.74) is 6.09. The largest absolute Gasteiger partial charge is 0.381 e. The maximum absolute atomic E-state index is 11.5. The van der Waals surface area contributed by atoms with Crippen LogP contribution < -0.4 is 11.1 Å². The highest BCUT2D eigenvalue weighted by Crippen LogP contribution is 2.14. The third kappa shape index (κ3) is 3.25. The Balaban J connectivity index is 2.05. The molecule has 5 nitrogen and oxygen atoms in total. The second-order valence-electron chi connectivity index (χ2n) is 4.14. The molecule has 1 unspecified atom stereocenters. The van der Waals surface area contributed by atoms with Gasteiger partial charge in [-0.2, -0.15) is 0 Å². The van der Waals surface area contributed by atoms with Crippen LogP contribution in [0.2, 0.25) is 0 Å². The van der Waals surface area contributed by atoms with Crippen LogP contribution in [0.15, 0.2) is 24.4 Å². The molecule has 0 bridgehead atoms. The van der Waals surface area contributed by atoms with Crippen LogP contribution in [-0.4, -0.2) is 30.1 Å². The first-order valence-corrected chi connectivity index (χ1v) is 5.81. The fourth-order valence-corrected chi connectivity index (χ4v) is 1.96. The van der Waals surface area contributed by atoms with Gasteiger partial charge in [-0.3, -0.25) is 15.1 Å². The molecule has 1 aromatic rings. The highest BCUT2D eigenvalue weighted by atomic mass is 16.5. The van der Waals surface area contributed by atoms with Crippen molar-refractivity contribution in [3.8, 4) is 0 Å². The topological polar surface area (TPSA) is 77.2 Å². The summed E-state index contributed by atoms with van der Waals surface area (Å²) in [6, 6.07) is 5.23. The number of nitrogens with zero attached hydrogens (tertiary/aromatic N) is 1. The Morgan fingerprint density at radius 2 is 2.24 bits per heavy atom. The van der Waals surface area contributed by atoms with Crippen molar-refractivity contribution in [3.05, 3.63) is 30.1 Å². The smallest absolute Gasteiger partial charge is 0.240 e. The van der Waals surface area contributed by atoms with Gasteiger partial charge in [-0.1, -0.05) is 6.07 Å². The number of nitrogens with two attached hydrogens (primary N) is 1. The number of ether oxygens (including phenoxy) is 1. The minimum atomic E-state index is -0.515. The quantitative estimate of drug-likeness (QED) is 0.790. The van der Waals surface area contributed by atoms with Gasteiger partial charge in [-0.15, -0.1) is 0 Å². The molecule has 0 spiro atoms. The molecular formula is C12H17N3O2. The maximum Gasteiger partial charge on any atom is 0.240 e. The first kappa shape index (κ1) is 12.0. The van der Waals surface area contributed by atoms with E-state index >= 15 is 0 Å². The summed E-state index contributed by atoms with van der Waals surface area (Å²) in [7, 11) is 0. The predicted octanol–water partition coefficient (Wildman–Crippen LogP) is 0.377. The van der Waals surface area contributed by atoms with Gasteiger partial charge in [0.15, 0.2) is 0 Å². The van der Waals surface area contributed by atoms with E-state index in [1.807, 2.05) is 18.2 Å². The lowest BCUT2D eigenvalue weighted by Crippen LogP contribution is -2.43. The zero-order chi connectivity index (χ0) is 12.1.